The summed E-state index contributed by atoms with van der Waals surface area (Å²) < 4.78 is 29.8. The van der Waals surface area contributed by atoms with Crippen LogP contribution in [0.15, 0.2) is 41.8 Å². The van der Waals surface area contributed by atoms with Gasteiger partial charge in [-0.3, -0.25) is 4.79 Å². The van der Waals surface area contributed by atoms with Crippen molar-refractivity contribution in [1.82, 2.24) is 14.5 Å². The van der Waals surface area contributed by atoms with E-state index in [0.717, 1.165) is 27.8 Å². The number of carbonyl (C=O) groups is 1. The maximum Gasteiger partial charge on any atom is 1.00 e. The van der Waals surface area contributed by atoms with Gasteiger partial charge in [0.05, 0.1) is 30.4 Å². The molecule has 0 radical (unpaired) electrons. The van der Waals surface area contributed by atoms with Crippen molar-refractivity contribution in [3.8, 4) is 0 Å². The smallest absolute Gasteiger partial charge is 0.850 e. The molecular formula is C27H35F2KN4O3S. The number of benzene rings is 1. The van der Waals surface area contributed by atoms with Gasteiger partial charge in [0, 0.05) is 24.5 Å². The van der Waals surface area contributed by atoms with E-state index in [2.05, 4.69) is 23.4 Å². The van der Waals surface area contributed by atoms with Crippen molar-refractivity contribution in [1.29, 1.82) is 0 Å². The number of aromatic nitrogens is 3. The van der Waals surface area contributed by atoms with Crippen LogP contribution < -0.4 is 61.4 Å². The van der Waals surface area contributed by atoms with E-state index in [-0.39, 0.29) is 76.8 Å². The van der Waals surface area contributed by atoms with Gasteiger partial charge in [-0.25, -0.2) is 18.7 Å². The van der Waals surface area contributed by atoms with Crippen molar-refractivity contribution in [2.45, 2.75) is 82.4 Å². The fourth-order valence-electron chi connectivity index (χ4n) is 3.97. The molecule has 1 fully saturated rings. The van der Waals surface area contributed by atoms with Gasteiger partial charge in [0.2, 0.25) is 0 Å². The number of piperidine rings is 1. The molecule has 7 nitrogen and oxygen atoms in total. The van der Waals surface area contributed by atoms with Gasteiger partial charge < -0.3 is 19.7 Å². The third kappa shape index (κ3) is 9.83. The van der Waals surface area contributed by atoms with Crippen LogP contribution in [0.25, 0.3) is 11.0 Å². The Morgan fingerprint density at radius 2 is 1.89 bits per heavy atom. The minimum atomic E-state index is -1.50. The SMILES string of the molecule is CC(C)(C)[O-].CC(C)n1cc(N2CC[C@H](F)[C@H](F)C2)c2nc(SCc3cccc(CC(=O)O)c3)ncc21.[K+]. The molecular weight excluding hydrogens is 537 g/mol. The van der Waals surface area contributed by atoms with E-state index >= 15 is 0 Å². The second-order valence-electron chi connectivity index (χ2n) is 10.5. The minimum Gasteiger partial charge on any atom is -0.850 e. The number of alkyl halides is 2. The van der Waals surface area contributed by atoms with Gasteiger partial charge in [-0.15, -0.1) is 5.60 Å². The summed E-state index contributed by atoms with van der Waals surface area (Å²) in [4.78, 5) is 22.1. The molecule has 3 aromatic rings. The summed E-state index contributed by atoms with van der Waals surface area (Å²) in [6.07, 6.45) is 0.966. The average Bonchev–Trinajstić information content (AvgIpc) is 3.17. The van der Waals surface area contributed by atoms with Gasteiger partial charge in [0.15, 0.2) is 5.16 Å². The van der Waals surface area contributed by atoms with Crippen LogP contribution in [0.2, 0.25) is 0 Å². The van der Waals surface area contributed by atoms with Crippen LogP contribution in [0.4, 0.5) is 14.5 Å². The molecule has 2 aromatic heterocycles. The molecule has 38 heavy (non-hydrogen) atoms. The van der Waals surface area contributed by atoms with E-state index in [9.17, 15) is 18.7 Å². The van der Waals surface area contributed by atoms with E-state index in [4.69, 9.17) is 10.1 Å². The topological polar surface area (TPSA) is 94.3 Å². The molecule has 2 atom stereocenters. The summed E-state index contributed by atoms with van der Waals surface area (Å²) in [6.45, 7) is 9.47. The van der Waals surface area contributed by atoms with Gasteiger partial charge in [-0.1, -0.05) is 56.8 Å². The zero-order valence-corrected chi connectivity index (χ0v) is 26.9. The van der Waals surface area contributed by atoms with E-state index in [1.807, 2.05) is 29.3 Å². The molecule has 202 valence electrons. The Bertz CT molecular complexity index is 1210. The molecule has 1 aliphatic heterocycles. The number of carboxylic acid groups (broad SMARTS) is 1. The number of rotatable bonds is 7. The molecule has 0 spiro atoms. The fraction of sp³-hybridized carbons (Fsp3) is 0.519. The molecule has 1 aliphatic rings. The standard InChI is InChI=1S/C23H26F2N4O2S.C4H9O.K/c1-14(2)29-12-20(28-7-6-17(24)18(25)11-28)22-19(29)10-26-23(27-22)32-13-16-5-3-4-15(8-16)9-21(30)31;1-4(2,3)5;/h3-5,8,10,12,14,17-18H,6-7,9,11,13H2,1-2H3,(H,30,31);1-3H3;/q;-1;+1/t17-,18+;;/m0../s1. The average molecular weight is 573 g/mol. The Morgan fingerprint density at radius 3 is 2.50 bits per heavy atom. The number of fused-ring (bicyclic) bond motifs is 1. The molecule has 0 bridgehead atoms. The molecule has 4 rings (SSSR count). The van der Waals surface area contributed by atoms with Crippen molar-refractivity contribution in [3.05, 3.63) is 47.8 Å². The Balaban J connectivity index is 0.000000774. The van der Waals surface area contributed by atoms with Crippen LogP contribution in [-0.4, -0.2) is 56.6 Å². The summed E-state index contributed by atoms with van der Waals surface area (Å²) in [5.41, 5.74) is 3.39. The first-order valence-corrected chi connectivity index (χ1v) is 13.3. The number of thioether (sulfide) groups is 1. The van der Waals surface area contributed by atoms with Gasteiger partial charge in [-0.05, 0) is 31.4 Å². The zero-order valence-electron chi connectivity index (χ0n) is 22.9. The van der Waals surface area contributed by atoms with Gasteiger partial charge in [-0.2, -0.15) is 0 Å². The first kappa shape index (κ1) is 33.1. The minimum absolute atomic E-state index is 0. The number of hydrogen-bond acceptors (Lipinski definition) is 6. The number of aliphatic carboxylic acids is 1. The molecule has 11 heteroatoms. The molecule has 1 saturated heterocycles. The van der Waals surface area contributed by atoms with Crippen molar-refractivity contribution < 1.29 is 75.2 Å². The molecule has 0 aliphatic carbocycles. The quantitative estimate of drug-likeness (QED) is 0.263. The van der Waals surface area contributed by atoms with Crippen LogP contribution in [0.3, 0.4) is 0 Å². The second-order valence-corrected chi connectivity index (χ2v) is 11.4. The molecule has 0 saturated carbocycles. The summed E-state index contributed by atoms with van der Waals surface area (Å²) in [7, 11) is 0. The molecule has 3 heterocycles. The van der Waals surface area contributed by atoms with Gasteiger partial charge >= 0.3 is 57.4 Å². The largest absolute Gasteiger partial charge is 1.00 e. The summed E-state index contributed by atoms with van der Waals surface area (Å²) in [5, 5.41) is 19.7. The van der Waals surface area contributed by atoms with E-state index in [1.165, 1.54) is 11.8 Å². The summed E-state index contributed by atoms with van der Waals surface area (Å²) in [5.74, 6) is -0.267. The van der Waals surface area contributed by atoms with Crippen LogP contribution in [0.5, 0.6) is 0 Å². The van der Waals surface area contributed by atoms with Crippen molar-refractivity contribution in [3.63, 3.8) is 0 Å². The monoisotopic (exact) mass is 572 g/mol. The third-order valence-electron chi connectivity index (χ3n) is 5.60. The number of carboxylic acids is 1. The maximum absolute atomic E-state index is 14.1. The molecule has 1 N–H and O–H groups in total. The van der Waals surface area contributed by atoms with Crippen molar-refractivity contribution in [2.75, 3.05) is 18.0 Å². The van der Waals surface area contributed by atoms with Crippen molar-refractivity contribution >= 4 is 34.5 Å². The third-order valence-corrected chi connectivity index (χ3v) is 6.54. The van der Waals surface area contributed by atoms with E-state index < -0.39 is 23.9 Å². The summed E-state index contributed by atoms with van der Waals surface area (Å²) in [6, 6.07) is 7.64. The van der Waals surface area contributed by atoms with Gasteiger partial charge in [0.1, 0.15) is 17.9 Å². The van der Waals surface area contributed by atoms with Crippen LogP contribution in [-0.2, 0) is 17.0 Å². The first-order chi connectivity index (χ1) is 17.3. The fourth-order valence-corrected chi connectivity index (χ4v) is 4.73. The normalized spacial score (nSPS) is 17.7. The van der Waals surface area contributed by atoms with Gasteiger partial charge in [0.25, 0.3) is 0 Å². The number of halogens is 2. The van der Waals surface area contributed by atoms with E-state index in [0.29, 0.717) is 17.5 Å². The molecule has 0 amide bonds. The van der Waals surface area contributed by atoms with Crippen LogP contribution in [0, 0.1) is 0 Å². The summed E-state index contributed by atoms with van der Waals surface area (Å²) >= 11 is 1.46. The Kier molecular flexibility index (Phi) is 12.7. The van der Waals surface area contributed by atoms with Crippen LogP contribution >= 0.6 is 11.8 Å². The Morgan fingerprint density at radius 1 is 1.24 bits per heavy atom. The second kappa shape index (κ2) is 14.5. The predicted octanol–water partition coefficient (Wildman–Crippen LogP) is 1.97. The zero-order chi connectivity index (χ0) is 27.3. The Hall–Kier alpha value is -1.08. The predicted molar refractivity (Wildman–Crippen MR) is 142 cm³/mol. The molecule has 0 unspecified atom stereocenters. The number of anilines is 1. The Labute approximate surface area is 269 Å². The number of hydrogen-bond donors (Lipinski definition) is 1. The first-order valence-electron chi connectivity index (χ1n) is 12.4. The number of nitrogens with zero attached hydrogens (tertiary/aromatic N) is 4. The maximum atomic E-state index is 14.1. The van der Waals surface area contributed by atoms with Crippen molar-refractivity contribution in [2.24, 2.45) is 0 Å². The van der Waals surface area contributed by atoms with E-state index in [1.54, 1.807) is 33.0 Å². The van der Waals surface area contributed by atoms with Crippen LogP contribution in [0.1, 0.15) is 58.2 Å². The molecule has 1 aromatic carbocycles.